The zero-order valence-corrected chi connectivity index (χ0v) is 15.7. The number of benzene rings is 1. The Bertz CT molecular complexity index is 852. The molecule has 4 heterocycles. The zero-order chi connectivity index (χ0) is 19.1. The van der Waals surface area contributed by atoms with Crippen molar-refractivity contribution in [1.82, 2.24) is 20.0 Å². The first kappa shape index (κ1) is 17.5. The fraction of sp³-hybridized carbons (Fsp3) is 0.500. The Morgan fingerprint density at radius 1 is 1.18 bits per heavy atom. The Morgan fingerprint density at radius 3 is 2.68 bits per heavy atom. The van der Waals surface area contributed by atoms with Crippen LogP contribution in [0.5, 0.6) is 5.75 Å². The lowest BCUT2D eigenvalue weighted by atomic mass is 10.2. The van der Waals surface area contributed by atoms with Crippen molar-refractivity contribution in [3.8, 4) is 5.75 Å². The molecule has 2 bridgehead atoms. The Kier molecular flexibility index (Phi) is 4.43. The number of nitrogens with one attached hydrogen (secondary N) is 1. The molecule has 1 N–H and O–H groups in total. The molecule has 1 aromatic heterocycles. The Morgan fingerprint density at radius 2 is 1.93 bits per heavy atom. The molecule has 2 saturated heterocycles. The second kappa shape index (κ2) is 7.09. The maximum atomic E-state index is 13.0. The molecule has 1 aromatic carbocycles. The number of halogens is 1. The topological polar surface area (TPSA) is 62.6 Å². The van der Waals surface area contributed by atoms with E-state index in [1.165, 1.54) is 37.1 Å². The molecule has 148 valence electrons. The van der Waals surface area contributed by atoms with E-state index >= 15 is 0 Å². The van der Waals surface area contributed by atoms with Gasteiger partial charge < -0.3 is 19.9 Å². The number of nitrogens with zero attached hydrogens (tertiary/aromatic N) is 4. The van der Waals surface area contributed by atoms with Gasteiger partial charge in [-0.2, -0.15) is 5.10 Å². The van der Waals surface area contributed by atoms with Crippen molar-refractivity contribution in [2.45, 2.75) is 38.0 Å². The van der Waals surface area contributed by atoms with E-state index < -0.39 is 0 Å². The molecule has 0 spiro atoms. The number of rotatable bonds is 4. The van der Waals surface area contributed by atoms with Crippen LogP contribution in [-0.2, 0) is 17.9 Å². The van der Waals surface area contributed by atoms with Gasteiger partial charge in [0, 0.05) is 37.8 Å². The second-order valence-corrected chi connectivity index (χ2v) is 7.73. The largest absolute Gasteiger partial charge is 0.484 e. The summed E-state index contributed by atoms with van der Waals surface area (Å²) in [6.45, 7) is 3.84. The van der Waals surface area contributed by atoms with Crippen LogP contribution in [0.15, 0.2) is 30.3 Å². The van der Waals surface area contributed by atoms with Crippen molar-refractivity contribution in [3.63, 3.8) is 0 Å². The SMILES string of the molecule is O=C(COc1ccc(F)cc1)N1CCn2nc(N3C4CCC3CNC4)cc2C1. The average molecular weight is 385 g/mol. The van der Waals surface area contributed by atoms with Crippen molar-refractivity contribution in [1.29, 1.82) is 0 Å². The summed E-state index contributed by atoms with van der Waals surface area (Å²) in [5.74, 6) is 1.14. The van der Waals surface area contributed by atoms with E-state index in [1.54, 1.807) is 4.90 Å². The zero-order valence-electron chi connectivity index (χ0n) is 15.7. The van der Waals surface area contributed by atoms with Crippen LogP contribution in [0.3, 0.4) is 0 Å². The van der Waals surface area contributed by atoms with E-state index in [1.807, 2.05) is 4.68 Å². The first-order valence-electron chi connectivity index (χ1n) is 9.89. The minimum absolute atomic E-state index is 0.0471. The lowest BCUT2D eigenvalue weighted by molar-refractivity contribution is -0.134. The van der Waals surface area contributed by atoms with Crippen molar-refractivity contribution in [2.75, 3.05) is 31.1 Å². The van der Waals surface area contributed by atoms with Crippen LogP contribution < -0.4 is 15.0 Å². The van der Waals surface area contributed by atoms with Gasteiger partial charge in [-0.1, -0.05) is 0 Å². The Labute approximate surface area is 163 Å². The first-order chi connectivity index (χ1) is 13.7. The molecule has 2 atom stereocenters. The number of carbonyl (C=O) groups is 1. The van der Waals surface area contributed by atoms with E-state index in [0.717, 1.165) is 24.6 Å². The molecule has 0 radical (unpaired) electrons. The molecule has 3 aliphatic heterocycles. The smallest absolute Gasteiger partial charge is 0.260 e. The summed E-state index contributed by atoms with van der Waals surface area (Å²) >= 11 is 0. The summed E-state index contributed by atoms with van der Waals surface area (Å²) in [4.78, 5) is 16.8. The van der Waals surface area contributed by atoms with Crippen LogP contribution in [0.25, 0.3) is 0 Å². The lowest BCUT2D eigenvalue weighted by Crippen LogP contribution is -2.52. The molecular formula is C20H24FN5O2. The molecule has 5 rings (SSSR count). The number of amides is 1. The van der Waals surface area contributed by atoms with Crippen molar-refractivity contribution >= 4 is 11.7 Å². The third kappa shape index (κ3) is 3.22. The van der Waals surface area contributed by atoms with E-state index in [2.05, 4.69) is 16.3 Å². The van der Waals surface area contributed by atoms with Gasteiger partial charge in [-0.05, 0) is 37.1 Å². The van der Waals surface area contributed by atoms with Gasteiger partial charge in [0.2, 0.25) is 0 Å². The van der Waals surface area contributed by atoms with Crippen LogP contribution in [-0.4, -0.2) is 58.9 Å². The molecule has 28 heavy (non-hydrogen) atoms. The second-order valence-electron chi connectivity index (χ2n) is 7.73. The first-order valence-corrected chi connectivity index (χ1v) is 9.89. The summed E-state index contributed by atoms with van der Waals surface area (Å²) in [5, 5.41) is 8.32. The molecular weight excluding hydrogens is 361 g/mol. The van der Waals surface area contributed by atoms with Crippen LogP contribution in [0, 0.1) is 5.82 Å². The quantitative estimate of drug-likeness (QED) is 0.862. The molecule has 1 amide bonds. The predicted octanol–water partition coefficient (Wildman–Crippen LogP) is 1.38. The van der Waals surface area contributed by atoms with Crippen molar-refractivity contribution in [3.05, 3.63) is 41.8 Å². The number of fused-ring (bicyclic) bond motifs is 3. The van der Waals surface area contributed by atoms with Gasteiger partial charge in [0.25, 0.3) is 5.91 Å². The third-order valence-electron chi connectivity index (χ3n) is 5.96. The van der Waals surface area contributed by atoms with Gasteiger partial charge in [-0.3, -0.25) is 9.48 Å². The molecule has 0 aliphatic carbocycles. The monoisotopic (exact) mass is 385 g/mol. The lowest BCUT2D eigenvalue weighted by Gasteiger charge is -2.35. The number of hydrogen-bond donors (Lipinski definition) is 1. The standard InChI is InChI=1S/C20H24FN5O2/c21-14-1-5-18(6-2-14)28-13-20(27)24-7-8-25-17(12-24)9-19(23-25)26-15-3-4-16(26)11-22-10-15/h1-2,5-6,9,15-16,22H,3-4,7-8,10-13H2. The van der Waals surface area contributed by atoms with E-state index in [9.17, 15) is 9.18 Å². The van der Waals surface area contributed by atoms with Gasteiger partial charge in [-0.25, -0.2) is 4.39 Å². The summed E-state index contributed by atoms with van der Waals surface area (Å²) < 4.78 is 20.5. The Balaban J connectivity index is 1.23. The molecule has 3 aliphatic rings. The number of carbonyl (C=O) groups excluding carboxylic acids is 1. The summed E-state index contributed by atoms with van der Waals surface area (Å²) in [6.07, 6.45) is 2.43. The van der Waals surface area contributed by atoms with Crippen LogP contribution in [0.1, 0.15) is 18.5 Å². The van der Waals surface area contributed by atoms with Crippen molar-refractivity contribution in [2.24, 2.45) is 0 Å². The van der Waals surface area contributed by atoms with Gasteiger partial charge >= 0.3 is 0 Å². The molecule has 2 aromatic rings. The highest BCUT2D eigenvalue weighted by Gasteiger charge is 2.38. The maximum Gasteiger partial charge on any atom is 0.260 e. The fourth-order valence-corrected chi connectivity index (χ4v) is 4.51. The number of aromatic nitrogens is 2. The molecule has 8 heteroatoms. The molecule has 0 saturated carbocycles. The highest BCUT2D eigenvalue weighted by Crippen LogP contribution is 2.32. The van der Waals surface area contributed by atoms with Crippen molar-refractivity contribution < 1.29 is 13.9 Å². The Hall–Kier alpha value is -2.61. The molecule has 2 fully saturated rings. The summed E-state index contributed by atoms with van der Waals surface area (Å²) in [6, 6.07) is 8.89. The fourth-order valence-electron chi connectivity index (χ4n) is 4.51. The van der Waals surface area contributed by atoms with Gasteiger partial charge in [0.15, 0.2) is 12.4 Å². The average Bonchev–Trinajstić information content (AvgIpc) is 3.23. The molecule has 2 unspecified atom stereocenters. The summed E-state index contributed by atoms with van der Waals surface area (Å²) in [5.41, 5.74) is 1.06. The van der Waals surface area contributed by atoms with Crippen LogP contribution in [0.2, 0.25) is 0 Å². The van der Waals surface area contributed by atoms with E-state index in [-0.39, 0.29) is 18.3 Å². The van der Waals surface area contributed by atoms with Gasteiger partial charge in [0.05, 0.1) is 18.8 Å². The maximum absolute atomic E-state index is 13.0. The number of ether oxygens (including phenoxy) is 1. The minimum atomic E-state index is -0.323. The normalized spacial score (nSPS) is 23.6. The molecule has 7 nitrogen and oxygen atoms in total. The van der Waals surface area contributed by atoms with Crippen LogP contribution >= 0.6 is 0 Å². The minimum Gasteiger partial charge on any atom is -0.484 e. The van der Waals surface area contributed by atoms with Gasteiger partial charge in [0.1, 0.15) is 11.6 Å². The number of anilines is 1. The van der Waals surface area contributed by atoms with Gasteiger partial charge in [-0.15, -0.1) is 0 Å². The number of hydrogen-bond acceptors (Lipinski definition) is 5. The third-order valence-corrected chi connectivity index (χ3v) is 5.96. The van der Waals surface area contributed by atoms with E-state index in [0.29, 0.717) is 37.5 Å². The van der Waals surface area contributed by atoms with E-state index in [4.69, 9.17) is 9.84 Å². The number of piperazine rings is 1. The highest BCUT2D eigenvalue weighted by atomic mass is 19.1. The predicted molar refractivity (Wildman–Crippen MR) is 102 cm³/mol. The van der Waals surface area contributed by atoms with Crippen LogP contribution in [0.4, 0.5) is 10.2 Å². The highest BCUT2D eigenvalue weighted by molar-refractivity contribution is 5.77. The summed E-state index contributed by atoms with van der Waals surface area (Å²) in [7, 11) is 0.